The number of hydrogen-bond acceptors (Lipinski definition) is 3. The normalized spacial score (nSPS) is 14.6. The summed E-state index contributed by atoms with van der Waals surface area (Å²) in [5, 5.41) is 18.0. The highest BCUT2D eigenvalue weighted by Gasteiger charge is 2.30. The number of rotatable bonds is 4. The average molecular weight is 220 g/mol. The van der Waals surface area contributed by atoms with E-state index in [1.165, 1.54) is 12.1 Å². The average Bonchev–Trinajstić information content (AvgIpc) is 3.10. The second-order valence-electron chi connectivity index (χ2n) is 3.92. The lowest BCUT2D eigenvalue weighted by Gasteiger charge is -2.24. The Morgan fingerprint density at radius 2 is 2.25 bits per heavy atom. The van der Waals surface area contributed by atoms with Gasteiger partial charge in [0.2, 0.25) is 0 Å². The third kappa shape index (κ3) is 2.15. The molecule has 16 heavy (non-hydrogen) atoms. The SMILES string of the molecule is N#Cc1cc(F)ccc1N(CCO)C1CC1. The topological polar surface area (TPSA) is 47.3 Å². The van der Waals surface area contributed by atoms with Crippen LogP contribution >= 0.6 is 0 Å². The minimum atomic E-state index is -0.403. The fourth-order valence-electron chi connectivity index (χ4n) is 1.84. The third-order valence-electron chi connectivity index (χ3n) is 2.72. The van der Waals surface area contributed by atoms with Gasteiger partial charge >= 0.3 is 0 Å². The van der Waals surface area contributed by atoms with E-state index in [1.807, 2.05) is 11.0 Å². The first-order chi connectivity index (χ1) is 7.76. The summed E-state index contributed by atoms with van der Waals surface area (Å²) in [5.74, 6) is -0.403. The maximum absolute atomic E-state index is 13.0. The quantitative estimate of drug-likeness (QED) is 0.839. The third-order valence-corrected chi connectivity index (χ3v) is 2.72. The Balaban J connectivity index is 2.33. The van der Waals surface area contributed by atoms with Crippen LogP contribution in [0.5, 0.6) is 0 Å². The molecule has 3 nitrogen and oxygen atoms in total. The maximum Gasteiger partial charge on any atom is 0.124 e. The van der Waals surface area contributed by atoms with E-state index in [9.17, 15) is 4.39 Å². The van der Waals surface area contributed by atoms with Gasteiger partial charge in [-0.1, -0.05) is 0 Å². The summed E-state index contributed by atoms with van der Waals surface area (Å²) < 4.78 is 13.0. The van der Waals surface area contributed by atoms with Gasteiger partial charge in [0.15, 0.2) is 0 Å². The monoisotopic (exact) mass is 220 g/mol. The van der Waals surface area contributed by atoms with Crippen molar-refractivity contribution in [2.75, 3.05) is 18.1 Å². The number of nitrogens with zero attached hydrogens (tertiary/aromatic N) is 2. The zero-order valence-corrected chi connectivity index (χ0v) is 8.86. The van der Waals surface area contributed by atoms with E-state index in [4.69, 9.17) is 10.4 Å². The minimum absolute atomic E-state index is 0.0404. The smallest absolute Gasteiger partial charge is 0.124 e. The Morgan fingerprint density at radius 3 is 2.81 bits per heavy atom. The molecule has 1 aromatic rings. The zero-order valence-electron chi connectivity index (χ0n) is 8.86. The fourth-order valence-corrected chi connectivity index (χ4v) is 1.84. The Bertz CT molecular complexity index is 424. The molecule has 0 radical (unpaired) electrons. The molecule has 0 unspecified atom stereocenters. The highest BCUT2D eigenvalue weighted by molar-refractivity contribution is 5.60. The molecular weight excluding hydrogens is 207 g/mol. The van der Waals surface area contributed by atoms with Crippen molar-refractivity contribution >= 4 is 5.69 Å². The van der Waals surface area contributed by atoms with Gasteiger partial charge in [-0.25, -0.2) is 4.39 Å². The Hall–Kier alpha value is -1.60. The maximum atomic E-state index is 13.0. The van der Waals surface area contributed by atoms with Crippen LogP contribution < -0.4 is 4.90 Å². The summed E-state index contributed by atoms with van der Waals surface area (Å²) in [6.07, 6.45) is 2.14. The minimum Gasteiger partial charge on any atom is -0.395 e. The van der Waals surface area contributed by atoms with Crippen LogP contribution in [0.1, 0.15) is 18.4 Å². The summed E-state index contributed by atoms with van der Waals surface area (Å²) in [6, 6.07) is 6.59. The molecule has 0 amide bonds. The molecule has 84 valence electrons. The first-order valence-electron chi connectivity index (χ1n) is 5.33. The summed E-state index contributed by atoms with van der Waals surface area (Å²) in [5.41, 5.74) is 1.06. The lowest BCUT2D eigenvalue weighted by atomic mass is 10.1. The largest absolute Gasteiger partial charge is 0.395 e. The zero-order chi connectivity index (χ0) is 11.5. The number of nitriles is 1. The molecule has 0 aliphatic heterocycles. The van der Waals surface area contributed by atoms with Gasteiger partial charge in [-0.3, -0.25) is 0 Å². The molecule has 1 fully saturated rings. The standard InChI is InChI=1S/C12H13FN2O/c13-10-1-4-12(9(7-10)8-14)15(5-6-16)11-2-3-11/h1,4,7,11,16H,2-3,5-6H2. The number of benzene rings is 1. The van der Waals surface area contributed by atoms with Crippen molar-refractivity contribution in [3.05, 3.63) is 29.6 Å². The Kier molecular flexibility index (Phi) is 3.07. The van der Waals surface area contributed by atoms with Gasteiger partial charge in [0, 0.05) is 12.6 Å². The van der Waals surface area contributed by atoms with Crippen molar-refractivity contribution in [2.24, 2.45) is 0 Å². The van der Waals surface area contributed by atoms with E-state index in [1.54, 1.807) is 6.07 Å². The van der Waals surface area contributed by atoms with Crippen molar-refractivity contribution < 1.29 is 9.50 Å². The number of halogens is 1. The molecule has 1 aliphatic carbocycles. The van der Waals surface area contributed by atoms with Gasteiger partial charge in [0.25, 0.3) is 0 Å². The van der Waals surface area contributed by atoms with Crippen LogP contribution in [-0.2, 0) is 0 Å². The first-order valence-corrected chi connectivity index (χ1v) is 5.33. The second-order valence-corrected chi connectivity index (χ2v) is 3.92. The highest BCUT2D eigenvalue weighted by atomic mass is 19.1. The highest BCUT2D eigenvalue weighted by Crippen LogP contribution is 2.33. The number of aliphatic hydroxyl groups excluding tert-OH is 1. The van der Waals surface area contributed by atoms with E-state index in [0.29, 0.717) is 18.2 Å². The lowest BCUT2D eigenvalue weighted by molar-refractivity contribution is 0.301. The van der Waals surface area contributed by atoms with Crippen molar-refractivity contribution in [1.29, 1.82) is 5.26 Å². The van der Waals surface area contributed by atoms with Crippen LogP contribution in [-0.4, -0.2) is 24.3 Å². The van der Waals surface area contributed by atoms with E-state index in [2.05, 4.69) is 0 Å². The molecule has 1 aliphatic rings. The van der Waals surface area contributed by atoms with E-state index < -0.39 is 5.82 Å². The van der Waals surface area contributed by atoms with Gasteiger partial charge in [-0.15, -0.1) is 0 Å². The lowest BCUT2D eigenvalue weighted by Crippen LogP contribution is -2.29. The molecule has 4 heteroatoms. The van der Waals surface area contributed by atoms with Crippen LogP contribution in [0.4, 0.5) is 10.1 Å². The molecule has 0 bridgehead atoms. The molecule has 1 saturated carbocycles. The predicted molar refractivity (Wildman–Crippen MR) is 58.6 cm³/mol. The molecule has 1 aromatic carbocycles. The number of hydrogen-bond donors (Lipinski definition) is 1. The van der Waals surface area contributed by atoms with Gasteiger partial charge in [-0.05, 0) is 31.0 Å². The molecule has 0 aromatic heterocycles. The molecule has 1 N–H and O–H groups in total. The van der Waals surface area contributed by atoms with E-state index >= 15 is 0 Å². The molecular formula is C12H13FN2O. The number of aliphatic hydroxyl groups is 1. The van der Waals surface area contributed by atoms with Crippen LogP contribution in [0.15, 0.2) is 18.2 Å². The summed E-state index contributed by atoms with van der Waals surface area (Å²) >= 11 is 0. The predicted octanol–water partition coefficient (Wildman–Crippen LogP) is 1.66. The van der Waals surface area contributed by atoms with Crippen molar-refractivity contribution in [2.45, 2.75) is 18.9 Å². The molecule has 2 rings (SSSR count). The van der Waals surface area contributed by atoms with Gasteiger partial charge in [-0.2, -0.15) is 5.26 Å². The molecule has 0 atom stereocenters. The van der Waals surface area contributed by atoms with Crippen molar-refractivity contribution in [3.63, 3.8) is 0 Å². The van der Waals surface area contributed by atoms with Crippen molar-refractivity contribution in [3.8, 4) is 6.07 Å². The Labute approximate surface area is 93.7 Å². The van der Waals surface area contributed by atoms with E-state index in [0.717, 1.165) is 18.5 Å². The van der Waals surface area contributed by atoms with Crippen molar-refractivity contribution in [1.82, 2.24) is 0 Å². The molecule has 0 saturated heterocycles. The van der Waals surface area contributed by atoms with Crippen LogP contribution in [0.3, 0.4) is 0 Å². The van der Waals surface area contributed by atoms with Crippen LogP contribution in [0.2, 0.25) is 0 Å². The number of anilines is 1. The summed E-state index contributed by atoms with van der Waals surface area (Å²) in [7, 11) is 0. The summed E-state index contributed by atoms with van der Waals surface area (Å²) in [6.45, 7) is 0.531. The second kappa shape index (κ2) is 4.50. The van der Waals surface area contributed by atoms with Crippen LogP contribution in [0.25, 0.3) is 0 Å². The van der Waals surface area contributed by atoms with Gasteiger partial charge < -0.3 is 10.0 Å². The summed E-state index contributed by atoms with van der Waals surface area (Å²) in [4.78, 5) is 1.98. The molecule has 0 heterocycles. The van der Waals surface area contributed by atoms with E-state index in [-0.39, 0.29) is 6.61 Å². The Morgan fingerprint density at radius 1 is 1.50 bits per heavy atom. The first kappa shape index (κ1) is 10.9. The van der Waals surface area contributed by atoms with Gasteiger partial charge in [0.1, 0.15) is 11.9 Å². The van der Waals surface area contributed by atoms with Gasteiger partial charge in [0.05, 0.1) is 17.9 Å². The fraction of sp³-hybridized carbons (Fsp3) is 0.417. The van der Waals surface area contributed by atoms with Crippen LogP contribution in [0, 0.1) is 17.1 Å². The molecule has 0 spiro atoms.